The Morgan fingerprint density at radius 3 is 3.00 bits per heavy atom. The average Bonchev–Trinajstić information content (AvgIpc) is 2.21. The monoisotopic (exact) mass is 268 g/mol. The third-order valence-corrected chi connectivity index (χ3v) is 3.14. The number of para-hydroxylation sites is 1. The molecule has 0 saturated heterocycles. The maximum absolute atomic E-state index is 11.7. The zero-order valence-electron chi connectivity index (χ0n) is 8.51. The fraction of sp³-hybridized carbons (Fsp3) is 0.364. The fourth-order valence-corrected chi connectivity index (χ4v) is 2.21. The number of benzene rings is 1. The lowest BCUT2D eigenvalue weighted by molar-refractivity contribution is -0.117. The molecule has 80 valence electrons. The van der Waals surface area contributed by atoms with E-state index in [-0.39, 0.29) is 11.9 Å². The number of nitrogens with one attached hydrogen (secondary N) is 2. The van der Waals surface area contributed by atoms with Gasteiger partial charge in [-0.1, -0.05) is 19.4 Å². The molecule has 0 spiro atoms. The first kappa shape index (κ1) is 10.5. The Bertz CT molecular complexity index is 392. The highest BCUT2D eigenvalue weighted by atomic mass is 79.9. The van der Waals surface area contributed by atoms with Crippen LogP contribution in [0.1, 0.15) is 19.8 Å². The summed E-state index contributed by atoms with van der Waals surface area (Å²) in [4.78, 5) is 11.7. The first-order chi connectivity index (χ1) is 7.22. The third kappa shape index (κ3) is 2.00. The topological polar surface area (TPSA) is 41.1 Å². The minimum atomic E-state index is -0.110. The van der Waals surface area contributed by atoms with Crippen LogP contribution in [-0.4, -0.2) is 11.9 Å². The Morgan fingerprint density at radius 1 is 1.47 bits per heavy atom. The van der Waals surface area contributed by atoms with E-state index in [9.17, 15) is 4.79 Å². The molecule has 0 aromatic heterocycles. The van der Waals surface area contributed by atoms with Crippen LogP contribution in [0.4, 0.5) is 11.4 Å². The van der Waals surface area contributed by atoms with Crippen molar-refractivity contribution in [1.29, 1.82) is 0 Å². The van der Waals surface area contributed by atoms with Crippen LogP contribution in [-0.2, 0) is 4.79 Å². The lowest BCUT2D eigenvalue weighted by Gasteiger charge is -2.27. The number of carbonyl (C=O) groups is 1. The van der Waals surface area contributed by atoms with Crippen LogP contribution in [0.3, 0.4) is 0 Å². The number of fused-ring (bicyclic) bond motifs is 1. The Kier molecular flexibility index (Phi) is 2.95. The van der Waals surface area contributed by atoms with Gasteiger partial charge in [-0.15, -0.1) is 0 Å². The number of halogens is 1. The van der Waals surface area contributed by atoms with Crippen molar-refractivity contribution in [3.05, 3.63) is 22.7 Å². The van der Waals surface area contributed by atoms with Crippen molar-refractivity contribution in [1.82, 2.24) is 0 Å². The normalized spacial score (nSPS) is 19.1. The van der Waals surface area contributed by atoms with Crippen molar-refractivity contribution in [2.45, 2.75) is 25.8 Å². The number of carbonyl (C=O) groups excluding carboxylic acids is 1. The molecule has 0 unspecified atom stereocenters. The van der Waals surface area contributed by atoms with Crippen LogP contribution in [0.15, 0.2) is 22.7 Å². The number of hydrogen-bond acceptors (Lipinski definition) is 2. The predicted molar refractivity (Wildman–Crippen MR) is 65.1 cm³/mol. The van der Waals surface area contributed by atoms with Gasteiger partial charge in [0, 0.05) is 4.47 Å². The molecule has 3 nitrogen and oxygen atoms in total. The third-order valence-electron chi connectivity index (χ3n) is 2.48. The van der Waals surface area contributed by atoms with E-state index < -0.39 is 0 Å². The first-order valence-electron chi connectivity index (χ1n) is 5.08. The Morgan fingerprint density at radius 2 is 2.27 bits per heavy atom. The lowest BCUT2D eigenvalue weighted by Crippen LogP contribution is -2.38. The standard InChI is InChI=1S/C11H13BrN2O/c1-2-4-9-11(15)14-8-6-3-5-7(12)10(8)13-9/h3,5-6,9,13H,2,4H2,1H3,(H,14,15)/t9-/m0/s1. The molecule has 0 bridgehead atoms. The van der Waals surface area contributed by atoms with Crippen molar-refractivity contribution < 1.29 is 4.79 Å². The van der Waals surface area contributed by atoms with Crippen LogP contribution in [0.5, 0.6) is 0 Å². The molecule has 4 heteroatoms. The van der Waals surface area contributed by atoms with Gasteiger partial charge in [-0.25, -0.2) is 0 Å². The van der Waals surface area contributed by atoms with E-state index in [1.165, 1.54) is 0 Å². The molecule has 0 radical (unpaired) electrons. The molecule has 2 N–H and O–H groups in total. The van der Waals surface area contributed by atoms with E-state index in [1.807, 2.05) is 18.2 Å². The molecule has 1 aliphatic rings. The maximum Gasteiger partial charge on any atom is 0.246 e. The minimum Gasteiger partial charge on any atom is -0.371 e. The summed E-state index contributed by atoms with van der Waals surface area (Å²) in [6.07, 6.45) is 1.84. The summed E-state index contributed by atoms with van der Waals surface area (Å²) in [7, 11) is 0. The SMILES string of the molecule is CCC[C@@H]1Nc2c(Br)cccc2NC1=O. The summed E-state index contributed by atoms with van der Waals surface area (Å²) in [5, 5.41) is 6.16. The largest absolute Gasteiger partial charge is 0.371 e. The molecule has 0 fully saturated rings. The van der Waals surface area contributed by atoms with Crippen LogP contribution in [0.2, 0.25) is 0 Å². The van der Waals surface area contributed by atoms with Gasteiger partial charge in [0.15, 0.2) is 0 Å². The predicted octanol–water partition coefficient (Wildman–Crippen LogP) is 2.98. The first-order valence-corrected chi connectivity index (χ1v) is 5.87. The van der Waals surface area contributed by atoms with Crippen LogP contribution >= 0.6 is 15.9 Å². The number of rotatable bonds is 2. The second-order valence-corrected chi connectivity index (χ2v) is 4.49. The molecule has 0 aliphatic carbocycles. The average molecular weight is 269 g/mol. The molecule has 1 heterocycles. The van der Waals surface area contributed by atoms with E-state index in [0.717, 1.165) is 28.7 Å². The van der Waals surface area contributed by atoms with E-state index >= 15 is 0 Å². The van der Waals surface area contributed by atoms with Crippen molar-refractivity contribution in [2.24, 2.45) is 0 Å². The summed E-state index contributed by atoms with van der Waals surface area (Å²) < 4.78 is 0.987. The highest BCUT2D eigenvalue weighted by Gasteiger charge is 2.25. The summed E-state index contributed by atoms with van der Waals surface area (Å²) in [5.41, 5.74) is 1.83. The van der Waals surface area contributed by atoms with Crippen LogP contribution in [0, 0.1) is 0 Å². The zero-order valence-corrected chi connectivity index (χ0v) is 10.1. The Balaban J connectivity index is 2.30. The van der Waals surface area contributed by atoms with Gasteiger partial charge in [0.1, 0.15) is 6.04 Å². The van der Waals surface area contributed by atoms with Crippen molar-refractivity contribution in [2.75, 3.05) is 10.6 Å². The van der Waals surface area contributed by atoms with Gasteiger partial charge in [-0.3, -0.25) is 4.79 Å². The van der Waals surface area contributed by atoms with Crippen molar-refractivity contribution in [3.63, 3.8) is 0 Å². The van der Waals surface area contributed by atoms with Gasteiger partial charge in [0.05, 0.1) is 11.4 Å². The highest BCUT2D eigenvalue weighted by Crippen LogP contribution is 2.34. The molecule has 1 atom stereocenters. The van der Waals surface area contributed by atoms with E-state index in [4.69, 9.17) is 0 Å². The van der Waals surface area contributed by atoms with Gasteiger partial charge in [-0.2, -0.15) is 0 Å². The summed E-state index contributed by atoms with van der Waals surface area (Å²) in [6, 6.07) is 5.66. The molecule has 1 amide bonds. The van der Waals surface area contributed by atoms with Crippen LogP contribution < -0.4 is 10.6 Å². The minimum absolute atomic E-state index is 0.0578. The molecule has 0 saturated carbocycles. The zero-order chi connectivity index (χ0) is 10.8. The lowest BCUT2D eigenvalue weighted by atomic mass is 10.1. The van der Waals surface area contributed by atoms with Crippen molar-refractivity contribution >= 4 is 33.2 Å². The van der Waals surface area contributed by atoms with Gasteiger partial charge in [0.2, 0.25) is 5.91 Å². The quantitative estimate of drug-likeness (QED) is 0.866. The van der Waals surface area contributed by atoms with Gasteiger partial charge >= 0.3 is 0 Å². The number of anilines is 2. The summed E-state index contributed by atoms with van der Waals surface area (Å²) in [5.74, 6) is 0.0578. The fourth-order valence-electron chi connectivity index (χ4n) is 1.73. The summed E-state index contributed by atoms with van der Waals surface area (Å²) >= 11 is 3.47. The van der Waals surface area contributed by atoms with Gasteiger partial charge in [-0.05, 0) is 34.5 Å². The number of amides is 1. The molecule has 15 heavy (non-hydrogen) atoms. The molecule has 2 rings (SSSR count). The second-order valence-electron chi connectivity index (χ2n) is 3.64. The molecular formula is C11H13BrN2O. The Hall–Kier alpha value is -1.03. The van der Waals surface area contributed by atoms with E-state index in [1.54, 1.807) is 0 Å². The number of hydrogen-bond donors (Lipinski definition) is 2. The van der Waals surface area contributed by atoms with Gasteiger partial charge < -0.3 is 10.6 Å². The van der Waals surface area contributed by atoms with Crippen LogP contribution in [0.25, 0.3) is 0 Å². The highest BCUT2D eigenvalue weighted by molar-refractivity contribution is 9.10. The van der Waals surface area contributed by atoms with E-state index in [0.29, 0.717) is 0 Å². The maximum atomic E-state index is 11.7. The smallest absolute Gasteiger partial charge is 0.246 e. The van der Waals surface area contributed by atoms with Crippen molar-refractivity contribution in [3.8, 4) is 0 Å². The second kappa shape index (κ2) is 4.23. The molecule has 1 aromatic carbocycles. The van der Waals surface area contributed by atoms with E-state index in [2.05, 4.69) is 33.5 Å². The summed E-state index contributed by atoms with van der Waals surface area (Å²) in [6.45, 7) is 2.07. The Labute approximate surface area is 97.4 Å². The molecular weight excluding hydrogens is 256 g/mol. The van der Waals surface area contributed by atoms with Gasteiger partial charge in [0.25, 0.3) is 0 Å². The molecule has 1 aliphatic heterocycles. The molecule has 1 aromatic rings.